The minimum Gasteiger partial charge on any atom is -0.444 e. The minimum atomic E-state index is -0.644. The Bertz CT molecular complexity index is 526. The summed E-state index contributed by atoms with van der Waals surface area (Å²) in [6, 6.07) is -0.644. The molecule has 2 aliphatic rings. The van der Waals surface area contributed by atoms with Crippen LogP contribution in [-0.2, 0) is 19.1 Å². The zero-order valence-electron chi connectivity index (χ0n) is 13.8. The zero-order chi connectivity index (χ0) is 17.2. The molecule has 0 aromatic heterocycles. The molecule has 0 aromatic rings. The molecule has 1 N–H and O–H groups in total. The predicted molar refractivity (Wildman–Crippen MR) is 80.3 cm³/mol. The van der Waals surface area contributed by atoms with Crippen LogP contribution in [0.1, 0.15) is 40.0 Å². The molecule has 128 valence electrons. The van der Waals surface area contributed by atoms with Crippen molar-refractivity contribution in [2.45, 2.75) is 51.7 Å². The Balaban J connectivity index is 1.98. The van der Waals surface area contributed by atoms with Crippen molar-refractivity contribution in [1.29, 1.82) is 0 Å². The first-order valence-electron chi connectivity index (χ1n) is 7.78. The summed E-state index contributed by atoms with van der Waals surface area (Å²) < 4.78 is 5.25. The molecule has 0 spiro atoms. The standard InChI is InChI=1S/C15H23N3O5/c1-15(2,3)23-14(22)17-7-8-18(12(20)9-17)10-5-4-6-11(19)16-13(10)21/h10H,4-9H2,1-3H3,(H,16,19,21). The van der Waals surface area contributed by atoms with Gasteiger partial charge in [0.25, 0.3) is 0 Å². The third-order valence-electron chi connectivity index (χ3n) is 3.73. The highest BCUT2D eigenvalue weighted by Crippen LogP contribution is 2.18. The summed E-state index contributed by atoms with van der Waals surface area (Å²) in [7, 11) is 0. The van der Waals surface area contributed by atoms with Gasteiger partial charge in [-0.15, -0.1) is 0 Å². The molecule has 2 saturated heterocycles. The summed E-state index contributed by atoms with van der Waals surface area (Å²) in [4.78, 5) is 50.5. The summed E-state index contributed by atoms with van der Waals surface area (Å²) >= 11 is 0. The van der Waals surface area contributed by atoms with Crippen LogP contribution in [0, 0.1) is 0 Å². The number of hydrogen-bond acceptors (Lipinski definition) is 5. The van der Waals surface area contributed by atoms with E-state index in [4.69, 9.17) is 4.74 Å². The van der Waals surface area contributed by atoms with Crippen molar-refractivity contribution in [2.24, 2.45) is 0 Å². The first kappa shape index (κ1) is 17.2. The maximum Gasteiger partial charge on any atom is 0.410 e. The molecule has 8 nitrogen and oxygen atoms in total. The van der Waals surface area contributed by atoms with Crippen molar-refractivity contribution in [2.75, 3.05) is 19.6 Å². The smallest absolute Gasteiger partial charge is 0.410 e. The van der Waals surface area contributed by atoms with Gasteiger partial charge in [0.05, 0.1) is 0 Å². The van der Waals surface area contributed by atoms with Crippen molar-refractivity contribution in [3.05, 3.63) is 0 Å². The van der Waals surface area contributed by atoms with Crippen LogP contribution in [-0.4, -0.2) is 64.9 Å². The predicted octanol–water partition coefficient (Wildman–Crippen LogP) is 0.261. The molecule has 0 saturated carbocycles. The summed E-state index contributed by atoms with van der Waals surface area (Å²) in [5, 5.41) is 2.30. The molecule has 1 atom stereocenters. The largest absolute Gasteiger partial charge is 0.444 e. The molecule has 4 amide bonds. The second-order valence-corrected chi connectivity index (χ2v) is 6.81. The Hall–Kier alpha value is -2.12. The summed E-state index contributed by atoms with van der Waals surface area (Å²) in [5.74, 6) is -1.06. The van der Waals surface area contributed by atoms with Gasteiger partial charge in [-0.2, -0.15) is 0 Å². The topological polar surface area (TPSA) is 96.0 Å². The summed E-state index contributed by atoms with van der Waals surface area (Å²) in [6.45, 7) is 5.72. The lowest BCUT2D eigenvalue weighted by Crippen LogP contribution is -2.59. The van der Waals surface area contributed by atoms with Gasteiger partial charge in [0.15, 0.2) is 0 Å². The summed E-state index contributed by atoms with van der Waals surface area (Å²) in [6.07, 6.45) is 0.761. The van der Waals surface area contributed by atoms with Crippen LogP contribution in [0.25, 0.3) is 0 Å². The molecule has 23 heavy (non-hydrogen) atoms. The van der Waals surface area contributed by atoms with E-state index in [1.165, 1.54) is 9.80 Å². The first-order valence-corrected chi connectivity index (χ1v) is 7.78. The van der Waals surface area contributed by atoms with Crippen molar-refractivity contribution in [3.63, 3.8) is 0 Å². The van der Waals surface area contributed by atoms with E-state index in [0.717, 1.165) is 0 Å². The van der Waals surface area contributed by atoms with Gasteiger partial charge in [-0.3, -0.25) is 24.6 Å². The molecular formula is C15H23N3O5. The first-order chi connectivity index (χ1) is 10.7. The van der Waals surface area contributed by atoms with Gasteiger partial charge in [-0.05, 0) is 33.6 Å². The molecule has 2 heterocycles. The van der Waals surface area contributed by atoms with Gasteiger partial charge in [0.2, 0.25) is 17.7 Å². The molecule has 0 bridgehead atoms. The van der Waals surface area contributed by atoms with Gasteiger partial charge in [-0.1, -0.05) is 0 Å². The number of hydrogen-bond donors (Lipinski definition) is 1. The van der Waals surface area contributed by atoms with E-state index in [1.54, 1.807) is 20.8 Å². The Morgan fingerprint density at radius 1 is 1.22 bits per heavy atom. The Morgan fingerprint density at radius 2 is 1.91 bits per heavy atom. The molecule has 0 aromatic carbocycles. The lowest BCUT2D eigenvalue weighted by Gasteiger charge is -2.38. The minimum absolute atomic E-state index is 0.118. The lowest BCUT2D eigenvalue weighted by atomic mass is 10.1. The van der Waals surface area contributed by atoms with Crippen LogP contribution in [0.5, 0.6) is 0 Å². The van der Waals surface area contributed by atoms with E-state index < -0.39 is 23.6 Å². The van der Waals surface area contributed by atoms with Crippen molar-refractivity contribution in [1.82, 2.24) is 15.1 Å². The number of imide groups is 1. The highest BCUT2D eigenvalue weighted by atomic mass is 16.6. The van der Waals surface area contributed by atoms with Crippen molar-refractivity contribution < 1.29 is 23.9 Å². The number of amides is 4. The average Bonchev–Trinajstić information content (AvgIpc) is 2.57. The number of piperazine rings is 1. The van der Waals surface area contributed by atoms with Crippen LogP contribution >= 0.6 is 0 Å². The number of carbonyl (C=O) groups excluding carboxylic acids is 4. The molecule has 2 aliphatic heterocycles. The van der Waals surface area contributed by atoms with Crippen LogP contribution in [0.4, 0.5) is 4.79 Å². The quantitative estimate of drug-likeness (QED) is 0.698. The van der Waals surface area contributed by atoms with Gasteiger partial charge in [-0.25, -0.2) is 4.79 Å². The fourth-order valence-corrected chi connectivity index (χ4v) is 2.67. The molecule has 8 heteroatoms. The van der Waals surface area contributed by atoms with Crippen molar-refractivity contribution >= 4 is 23.8 Å². The number of nitrogens with zero attached hydrogens (tertiary/aromatic N) is 2. The molecule has 1 unspecified atom stereocenters. The van der Waals surface area contributed by atoms with Gasteiger partial charge >= 0.3 is 6.09 Å². The van der Waals surface area contributed by atoms with E-state index in [9.17, 15) is 19.2 Å². The lowest BCUT2D eigenvalue weighted by molar-refractivity contribution is -0.145. The fourth-order valence-electron chi connectivity index (χ4n) is 2.67. The number of rotatable bonds is 1. The van der Waals surface area contributed by atoms with Crippen LogP contribution < -0.4 is 5.32 Å². The number of nitrogens with one attached hydrogen (secondary N) is 1. The highest BCUT2D eigenvalue weighted by Gasteiger charge is 2.37. The van der Waals surface area contributed by atoms with E-state index in [-0.39, 0.29) is 31.3 Å². The Morgan fingerprint density at radius 3 is 2.52 bits per heavy atom. The van der Waals surface area contributed by atoms with E-state index in [2.05, 4.69) is 5.32 Å². The SMILES string of the molecule is CC(C)(C)OC(=O)N1CCN(C2CCCC(=O)NC2=O)C(=O)C1. The van der Waals surface area contributed by atoms with Crippen LogP contribution in [0.3, 0.4) is 0 Å². The molecule has 2 rings (SSSR count). The summed E-state index contributed by atoms with van der Waals surface area (Å²) in [5.41, 5.74) is -0.626. The molecule has 0 radical (unpaired) electrons. The van der Waals surface area contributed by atoms with E-state index in [0.29, 0.717) is 19.4 Å². The number of ether oxygens (including phenoxy) is 1. The van der Waals surface area contributed by atoms with Crippen molar-refractivity contribution in [3.8, 4) is 0 Å². The maximum atomic E-state index is 12.3. The van der Waals surface area contributed by atoms with Gasteiger partial charge in [0, 0.05) is 19.5 Å². The average molecular weight is 325 g/mol. The molecule has 2 fully saturated rings. The zero-order valence-corrected chi connectivity index (χ0v) is 13.8. The normalized spacial score (nSPS) is 23.4. The van der Waals surface area contributed by atoms with Gasteiger partial charge in [0.1, 0.15) is 18.2 Å². The molecular weight excluding hydrogens is 302 g/mol. The van der Waals surface area contributed by atoms with E-state index >= 15 is 0 Å². The molecule has 0 aliphatic carbocycles. The Kier molecular flexibility index (Phi) is 4.91. The third kappa shape index (κ3) is 4.43. The van der Waals surface area contributed by atoms with E-state index in [1.807, 2.05) is 0 Å². The monoisotopic (exact) mass is 325 g/mol. The van der Waals surface area contributed by atoms with Gasteiger partial charge < -0.3 is 9.64 Å². The second-order valence-electron chi connectivity index (χ2n) is 6.81. The Labute approximate surface area is 135 Å². The maximum absolute atomic E-state index is 12.3. The van der Waals surface area contributed by atoms with Crippen LogP contribution in [0.15, 0.2) is 0 Å². The highest BCUT2D eigenvalue weighted by molar-refractivity contribution is 6.00. The van der Waals surface area contributed by atoms with Crippen LogP contribution in [0.2, 0.25) is 0 Å². The fraction of sp³-hybridized carbons (Fsp3) is 0.733. The second kappa shape index (κ2) is 6.55. The third-order valence-corrected chi connectivity index (χ3v) is 3.73. The number of carbonyl (C=O) groups is 4.